The van der Waals surface area contributed by atoms with Crippen LogP contribution in [0.25, 0.3) is 0 Å². The fraction of sp³-hybridized carbons (Fsp3) is 0.875. The van der Waals surface area contributed by atoms with Crippen molar-refractivity contribution in [2.45, 2.75) is 240 Å². The lowest BCUT2D eigenvalue weighted by Gasteiger charge is -2.51. The van der Waals surface area contributed by atoms with E-state index in [-0.39, 0.29) is 6.42 Å². The Morgan fingerprint density at radius 2 is 0.795 bits per heavy atom. The van der Waals surface area contributed by atoms with Gasteiger partial charge >= 0.3 is 0 Å². The van der Waals surface area contributed by atoms with E-state index in [1.165, 1.54) is 38.5 Å². The number of unbranched alkanes of at least 4 members (excludes halogenated alkanes) is 11. The summed E-state index contributed by atoms with van der Waals surface area (Å²) in [5.41, 5.74) is 0. The summed E-state index contributed by atoms with van der Waals surface area (Å²) in [4.78, 5) is 50.3. The molecule has 4 rings (SSSR count). The zero-order valence-corrected chi connectivity index (χ0v) is 42.4. The average Bonchev–Trinajstić information content (AvgIpc) is 3.35. The van der Waals surface area contributed by atoms with Gasteiger partial charge in [0.25, 0.3) is 0 Å². The average molecular weight is 1050 g/mol. The number of amides is 4. The van der Waals surface area contributed by atoms with Gasteiger partial charge in [-0.2, -0.15) is 0 Å². The number of hydrogen-bond donors (Lipinski definition) is 14. The van der Waals surface area contributed by atoms with E-state index in [9.17, 15) is 70.2 Å². The van der Waals surface area contributed by atoms with Crippen LogP contribution in [0.4, 0.5) is 0 Å². The minimum Gasteiger partial charge on any atom is -0.394 e. The van der Waals surface area contributed by atoms with Crippen molar-refractivity contribution >= 4 is 23.6 Å². The van der Waals surface area contributed by atoms with Crippen LogP contribution in [0, 0.1) is 0 Å². The van der Waals surface area contributed by atoms with E-state index in [4.69, 9.17) is 33.2 Å². The Kier molecular flexibility index (Phi) is 27.3. The van der Waals surface area contributed by atoms with Crippen molar-refractivity contribution in [3.05, 3.63) is 12.2 Å². The molecule has 0 radical (unpaired) electrons. The van der Waals surface area contributed by atoms with Crippen molar-refractivity contribution in [1.29, 1.82) is 0 Å². The summed E-state index contributed by atoms with van der Waals surface area (Å²) in [5, 5.41) is 119. The molecule has 73 heavy (non-hydrogen) atoms. The SMILES string of the molecule is CCCCCCCC/C=C\CCCCCCCC(=O)NC1C(OC2C(CO)OC(OC3C(CO)OC(OC4C(CO)OC(O)C(NC(C)=O)C4O)C(NC(C)=O)C3O)C(NC(C)=O)C2O)OC(CO)C(O)C1O. The first kappa shape index (κ1) is 62.5. The molecule has 20 unspecified atom stereocenters. The third-order valence-electron chi connectivity index (χ3n) is 13.4. The summed E-state index contributed by atoms with van der Waals surface area (Å²) < 4.78 is 41.4. The van der Waals surface area contributed by atoms with Gasteiger partial charge in [-0.3, -0.25) is 19.2 Å². The molecule has 4 saturated heterocycles. The van der Waals surface area contributed by atoms with Crippen molar-refractivity contribution in [1.82, 2.24) is 21.3 Å². The largest absolute Gasteiger partial charge is 0.394 e. The van der Waals surface area contributed by atoms with Crippen molar-refractivity contribution in [2.24, 2.45) is 0 Å². The Morgan fingerprint density at radius 3 is 1.22 bits per heavy atom. The second-order valence-corrected chi connectivity index (χ2v) is 19.3. The molecule has 0 bridgehead atoms. The number of hydrogen-bond acceptors (Lipinski definition) is 21. The van der Waals surface area contributed by atoms with Gasteiger partial charge in [-0.25, -0.2) is 0 Å². The standard InChI is InChI=1S/C48H84N4O21/c1-5-6-7-8-9-10-11-12-13-14-15-16-17-18-19-20-32(60)52-34-38(62)37(61)28(21-53)68-46(34)72-43-30(23-55)70-48(36(40(43)64)51-27(4)59)73-44-31(24-56)69-47(35(41(44)65)50-26(3)58)71-42-29(22-54)67-45(66)33(39(42)63)49-25(2)57/h12-13,28-31,33-48,53-56,61-66H,5-11,14-24H2,1-4H3,(H,49,57)(H,50,58)(H,51,59)(H,52,60)/b13-12-. The van der Waals surface area contributed by atoms with Crippen LogP contribution in [-0.4, -0.2) is 224 Å². The molecule has 4 aliphatic heterocycles. The smallest absolute Gasteiger partial charge is 0.220 e. The summed E-state index contributed by atoms with van der Waals surface area (Å²) in [5.74, 6) is -2.66. The Balaban J connectivity index is 1.44. The van der Waals surface area contributed by atoms with Gasteiger partial charge in [0.1, 0.15) is 97.4 Å². The number of nitrogens with one attached hydrogen (secondary N) is 4. The summed E-state index contributed by atoms with van der Waals surface area (Å²) in [7, 11) is 0. The van der Waals surface area contributed by atoms with Gasteiger partial charge in [-0.15, -0.1) is 0 Å². The number of rotatable bonds is 29. The van der Waals surface area contributed by atoms with Crippen LogP contribution in [0.2, 0.25) is 0 Å². The molecule has 4 aliphatic rings. The van der Waals surface area contributed by atoms with Gasteiger partial charge in [-0.1, -0.05) is 70.4 Å². The molecule has 4 heterocycles. The summed E-state index contributed by atoms with van der Waals surface area (Å²) in [6.07, 6.45) is -8.64. The van der Waals surface area contributed by atoms with Gasteiger partial charge in [0, 0.05) is 27.2 Å². The van der Waals surface area contributed by atoms with E-state index < -0.39 is 173 Å². The van der Waals surface area contributed by atoms with Crippen LogP contribution in [0.3, 0.4) is 0 Å². The van der Waals surface area contributed by atoms with Crippen molar-refractivity contribution in [2.75, 3.05) is 26.4 Å². The van der Waals surface area contributed by atoms with Gasteiger partial charge in [0.05, 0.1) is 26.4 Å². The molecule has 20 atom stereocenters. The normalized spacial score (nSPS) is 36.9. The lowest BCUT2D eigenvalue weighted by atomic mass is 9.93. The van der Waals surface area contributed by atoms with Crippen molar-refractivity contribution in [3.8, 4) is 0 Å². The number of carbonyl (C=O) groups excluding carboxylic acids is 4. The number of ether oxygens (including phenoxy) is 7. The second-order valence-electron chi connectivity index (χ2n) is 19.3. The second kappa shape index (κ2) is 31.9. The van der Waals surface area contributed by atoms with Crippen LogP contribution >= 0.6 is 0 Å². The first-order valence-electron chi connectivity index (χ1n) is 25.8. The van der Waals surface area contributed by atoms with Gasteiger partial charge in [-0.05, 0) is 32.1 Å². The highest BCUT2D eigenvalue weighted by Crippen LogP contribution is 2.34. The van der Waals surface area contributed by atoms with Crippen LogP contribution in [0.15, 0.2) is 12.2 Å². The van der Waals surface area contributed by atoms with Gasteiger partial charge in [0.2, 0.25) is 23.6 Å². The first-order valence-corrected chi connectivity index (χ1v) is 25.8. The molecule has 0 aromatic carbocycles. The lowest BCUT2D eigenvalue weighted by molar-refractivity contribution is -0.362. The maximum atomic E-state index is 13.3. The Morgan fingerprint density at radius 1 is 0.438 bits per heavy atom. The van der Waals surface area contributed by atoms with E-state index in [1.807, 2.05) is 0 Å². The molecule has 0 saturated carbocycles. The van der Waals surface area contributed by atoms with Gasteiger partial charge in [0.15, 0.2) is 25.2 Å². The molecule has 25 heteroatoms. The van der Waals surface area contributed by atoms with Crippen LogP contribution in [0.5, 0.6) is 0 Å². The van der Waals surface area contributed by atoms with E-state index in [1.54, 1.807) is 0 Å². The van der Waals surface area contributed by atoms with E-state index in [2.05, 4.69) is 40.3 Å². The molecule has 0 aromatic rings. The van der Waals surface area contributed by atoms with Crippen molar-refractivity contribution in [3.63, 3.8) is 0 Å². The molecular weight excluding hydrogens is 969 g/mol. The van der Waals surface area contributed by atoms with E-state index in [0.717, 1.165) is 59.3 Å². The first-order chi connectivity index (χ1) is 34.9. The highest BCUT2D eigenvalue weighted by atomic mass is 16.8. The fourth-order valence-electron chi connectivity index (χ4n) is 9.55. The lowest BCUT2D eigenvalue weighted by Crippen LogP contribution is -2.71. The summed E-state index contributed by atoms with van der Waals surface area (Å²) in [6.45, 7) is 2.04. The van der Waals surface area contributed by atoms with Crippen LogP contribution in [-0.2, 0) is 52.3 Å². The topological polar surface area (TPSA) is 383 Å². The monoisotopic (exact) mass is 1050 g/mol. The highest BCUT2D eigenvalue weighted by molar-refractivity contribution is 5.76. The summed E-state index contributed by atoms with van der Waals surface area (Å²) in [6, 6.07) is -6.17. The molecule has 0 aromatic heterocycles. The number of carbonyl (C=O) groups is 4. The molecule has 0 aliphatic carbocycles. The van der Waals surface area contributed by atoms with Gasteiger partial charge < -0.3 is 105 Å². The third kappa shape index (κ3) is 18.3. The molecule has 0 spiro atoms. The Hall–Kier alpha value is -3.06. The number of aliphatic hydroxyl groups excluding tert-OH is 10. The quantitative estimate of drug-likeness (QED) is 0.0260. The van der Waals surface area contributed by atoms with Crippen LogP contribution in [0.1, 0.15) is 118 Å². The maximum absolute atomic E-state index is 13.3. The maximum Gasteiger partial charge on any atom is 0.220 e. The van der Waals surface area contributed by atoms with E-state index in [0.29, 0.717) is 6.42 Å². The summed E-state index contributed by atoms with van der Waals surface area (Å²) >= 11 is 0. The van der Waals surface area contributed by atoms with Crippen molar-refractivity contribution < 1.29 is 103 Å². The molecule has 422 valence electrons. The molecule has 25 nitrogen and oxygen atoms in total. The third-order valence-corrected chi connectivity index (χ3v) is 13.4. The zero-order chi connectivity index (χ0) is 53.8. The predicted octanol–water partition coefficient (Wildman–Crippen LogP) is -3.16. The number of aliphatic hydroxyl groups is 10. The molecule has 4 fully saturated rings. The molecule has 4 amide bonds. The minimum atomic E-state index is -1.90. The van der Waals surface area contributed by atoms with E-state index >= 15 is 0 Å². The minimum absolute atomic E-state index is 0.0518. The Bertz CT molecular complexity index is 1690. The van der Waals surface area contributed by atoms with Crippen LogP contribution < -0.4 is 21.3 Å². The molecule has 14 N–H and O–H groups in total. The highest BCUT2D eigenvalue weighted by Gasteiger charge is 2.56. The zero-order valence-electron chi connectivity index (χ0n) is 42.4. The molecular formula is C48H84N4O21. The predicted molar refractivity (Wildman–Crippen MR) is 254 cm³/mol. The fourth-order valence-corrected chi connectivity index (χ4v) is 9.55. The number of allylic oxidation sites excluding steroid dienone is 2. The Labute approximate surface area is 426 Å².